The normalized spacial score (nSPS) is 15.4. The fourth-order valence-electron chi connectivity index (χ4n) is 4.23. The Morgan fingerprint density at radius 3 is 2.27 bits per heavy atom. The van der Waals surface area contributed by atoms with Crippen LogP contribution in [0.2, 0.25) is 0 Å². The van der Waals surface area contributed by atoms with E-state index in [1.807, 2.05) is 0 Å². The van der Waals surface area contributed by atoms with Gasteiger partial charge in [0.05, 0.1) is 32.0 Å². The van der Waals surface area contributed by atoms with E-state index in [9.17, 15) is 14.0 Å². The number of nitrogens with one attached hydrogen (secondary N) is 1. The maximum absolute atomic E-state index is 15.3. The number of hydrogen-bond acceptors (Lipinski definition) is 5. The van der Waals surface area contributed by atoms with Gasteiger partial charge in [-0.15, -0.1) is 0 Å². The van der Waals surface area contributed by atoms with Crippen LogP contribution in [0.5, 0.6) is 11.5 Å². The number of anilines is 1. The molecule has 200 valence electrons. The Hall–Kier alpha value is -3.56. The second-order valence-corrected chi connectivity index (χ2v) is 8.83. The standard InChI is InChI=1S/C27H32F3N3O4/c1-5-7-8-9-19(34)31-18-12-10-16(11-13-18)15-33-20(35)14-17(6-2)25(32-33)21-22(28)24(30)27(37-4)26(36-3)23(21)29/h10-13,17H,5-9,14-15H2,1-4H3,(H,31,34). The number of benzene rings is 2. The number of amides is 2. The first-order valence-electron chi connectivity index (χ1n) is 12.3. The Kier molecular flexibility index (Phi) is 9.54. The van der Waals surface area contributed by atoms with E-state index in [0.717, 1.165) is 38.5 Å². The van der Waals surface area contributed by atoms with Gasteiger partial charge in [0.2, 0.25) is 29.1 Å². The van der Waals surface area contributed by atoms with Gasteiger partial charge in [-0.1, -0.05) is 38.8 Å². The number of unbranched alkanes of at least 4 members (excludes halogenated alkanes) is 2. The quantitative estimate of drug-likeness (QED) is 0.301. The molecule has 1 unspecified atom stereocenters. The number of halogens is 3. The highest BCUT2D eigenvalue weighted by molar-refractivity contribution is 6.06. The van der Waals surface area contributed by atoms with Gasteiger partial charge in [-0.3, -0.25) is 9.59 Å². The lowest BCUT2D eigenvalue weighted by Crippen LogP contribution is -2.37. The zero-order valence-electron chi connectivity index (χ0n) is 21.5. The smallest absolute Gasteiger partial charge is 0.243 e. The highest BCUT2D eigenvalue weighted by Gasteiger charge is 2.36. The first-order chi connectivity index (χ1) is 17.7. The van der Waals surface area contributed by atoms with Crippen LogP contribution in [-0.2, 0) is 16.1 Å². The molecule has 1 aliphatic rings. The Morgan fingerprint density at radius 1 is 1.03 bits per heavy atom. The minimum absolute atomic E-state index is 0.0303. The van der Waals surface area contributed by atoms with E-state index in [1.54, 1.807) is 31.2 Å². The van der Waals surface area contributed by atoms with Gasteiger partial charge < -0.3 is 14.8 Å². The van der Waals surface area contributed by atoms with Crippen molar-refractivity contribution in [1.82, 2.24) is 5.01 Å². The summed E-state index contributed by atoms with van der Waals surface area (Å²) in [5, 5.41) is 8.23. The first kappa shape index (κ1) is 28.0. The van der Waals surface area contributed by atoms with Crippen LogP contribution in [0.25, 0.3) is 0 Å². The van der Waals surface area contributed by atoms with Gasteiger partial charge >= 0.3 is 0 Å². The largest absolute Gasteiger partial charge is 0.490 e. The molecule has 1 heterocycles. The molecule has 1 atom stereocenters. The zero-order valence-corrected chi connectivity index (χ0v) is 21.5. The number of carbonyl (C=O) groups is 2. The summed E-state index contributed by atoms with van der Waals surface area (Å²) < 4.78 is 54.8. The van der Waals surface area contributed by atoms with Crippen molar-refractivity contribution in [3.63, 3.8) is 0 Å². The van der Waals surface area contributed by atoms with Crippen LogP contribution in [-0.4, -0.2) is 36.8 Å². The average Bonchev–Trinajstić information content (AvgIpc) is 2.88. The molecule has 0 fully saturated rings. The average molecular weight is 520 g/mol. The molecule has 0 saturated carbocycles. The number of rotatable bonds is 11. The van der Waals surface area contributed by atoms with E-state index in [0.29, 0.717) is 24.1 Å². The second kappa shape index (κ2) is 12.6. The number of carbonyl (C=O) groups excluding carboxylic acids is 2. The molecule has 1 N–H and O–H groups in total. The molecule has 0 saturated heterocycles. The van der Waals surface area contributed by atoms with E-state index in [-0.39, 0.29) is 30.5 Å². The summed E-state index contributed by atoms with van der Waals surface area (Å²) >= 11 is 0. The molecule has 0 bridgehead atoms. The Bertz CT molecular complexity index is 1170. The summed E-state index contributed by atoms with van der Waals surface area (Å²) in [6, 6.07) is 6.88. The van der Waals surface area contributed by atoms with Gasteiger partial charge in [-0.05, 0) is 30.5 Å². The number of methoxy groups -OCH3 is 2. The maximum Gasteiger partial charge on any atom is 0.243 e. The summed E-state index contributed by atoms with van der Waals surface area (Å²) in [6.45, 7) is 3.85. The van der Waals surface area contributed by atoms with Crippen molar-refractivity contribution < 1.29 is 32.2 Å². The SMILES string of the molecule is CCCCCC(=O)Nc1ccc(CN2N=C(c3c(F)c(F)c(OC)c(OC)c3F)C(CC)CC2=O)cc1. The summed E-state index contributed by atoms with van der Waals surface area (Å²) in [4.78, 5) is 24.8. The number of nitrogens with zero attached hydrogens (tertiary/aromatic N) is 2. The van der Waals surface area contributed by atoms with Gasteiger partial charge in [0, 0.05) is 24.4 Å². The van der Waals surface area contributed by atoms with E-state index in [4.69, 9.17) is 9.47 Å². The van der Waals surface area contributed by atoms with Gasteiger partial charge in [0.15, 0.2) is 11.6 Å². The molecule has 7 nitrogen and oxygen atoms in total. The molecule has 37 heavy (non-hydrogen) atoms. The van der Waals surface area contributed by atoms with E-state index >= 15 is 8.78 Å². The molecule has 2 aromatic rings. The van der Waals surface area contributed by atoms with Crippen molar-refractivity contribution in [2.24, 2.45) is 11.0 Å². The van der Waals surface area contributed by atoms with Crippen LogP contribution in [0.1, 0.15) is 63.5 Å². The molecule has 0 aliphatic carbocycles. The minimum Gasteiger partial charge on any atom is -0.490 e. The Labute approximate surface area is 214 Å². The lowest BCUT2D eigenvalue weighted by atomic mass is 9.89. The second-order valence-electron chi connectivity index (χ2n) is 8.83. The van der Waals surface area contributed by atoms with Crippen molar-refractivity contribution in [3.8, 4) is 11.5 Å². The highest BCUT2D eigenvalue weighted by atomic mass is 19.2. The predicted molar refractivity (Wildman–Crippen MR) is 134 cm³/mol. The first-order valence-corrected chi connectivity index (χ1v) is 12.3. The van der Waals surface area contributed by atoms with Crippen LogP contribution in [0.15, 0.2) is 29.4 Å². The maximum atomic E-state index is 15.3. The number of hydrazone groups is 1. The van der Waals surface area contributed by atoms with Gasteiger partial charge in [0.1, 0.15) is 0 Å². The monoisotopic (exact) mass is 519 g/mol. The summed E-state index contributed by atoms with van der Waals surface area (Å²) in [5.74, 6) is -6.28. The van der Waals surface area contributed by atoms with Crippen molar-refractivity contribution >= 4 is 23.2 Å². The molecule has 2 amide bonds. The number of ether oxygens (including phenoxy) is 2. The van der Waals surface area contributed by atoms with Crippen LogP contribution >= 0.6 is 0 Å². The molecule has 1 aliphatic heterocycles. The van der Waals surface area contributed by atoms with Crippen molar-refractivity contribution in [2.45, 2.75) is 58.9 Å². The fourth-order valence-corrected chi connectivity index (χ4v) is 4.23. The van der Waals surface area contributed by atoms with E-state index < -0.39 is 40.4 Å². The molecule has 0 aromatic heterocycles. The van der Waals surface area contributed by atoms with Crippen LogP contribution < -0.4 is 14.8 Å². The molecule has 0 radical (unpaired) electrons. The highest BCUT2D eigenvalue weighted by Crippen LogP contribution is 2.39. The van der Waals surface area contributed by atoms with Crippen LogP contribution in [0.4, 0.5) is 18.9 Å². The molecular weight excluding hydrogens is 487 g/mol. The minimum atomic E-state index is -1.46. The van der Waals surface area contributed by atoms with Gasteiger partial charge in [0.25, 0.3) is 0 Å². The van der Waals surface area contributed by atoms with Crippen molar-refractivity contribution in [3.05, 3.63) is 52.8 Å². The molecule has 3 rings (SSSR count). The predicted octanol–water partition coefficient (Wildman–Crippen LogP) is 5.80. The molecule has 10 heteroatoms. The van der Waals surface area contributed by atoms with Crippen LogP contribution in [0.3, 0.4) is 0 Å². The Balaban J connectivity index is 1.88. The third kappa shape index (κ3) is 6.23. The third-order valence-corrected chi connectivity index (χ3v) is 6.30. The number of hydrogen-bond donors (Lipinski definition) is 1. The topological polar surface area (TPSA) is 80.2 Å². The summed E-state index contributed by atoms with van der Waals surface area (Å²) in [7, 11) is 2.20. The summed E-state index contributed by atoms with van der Waals surface area (Å²) in [6.07, 6.45) is 3.59. The summed E-state index contributed by atoms with van der Waals surface area (Å²) in [5.41, 5.74) is 0.554. The van der Waals surface area contributed by atoms with Crippen LogP contribution in [0, 0.1) is 23.4 Å². The van der Waals surface area contributed by atoms with E-state index in [2.05, 4.69) is 17.3 Å². The molecule has 0 spiro atoms. The molecule has 2 aromatic carbocycles. The van der Waals surface area contributed by atoms with Gasteiger partial charge in [-0.2, -0.15) is 9.49 Å². The van der Waals surface area contributed by atoms with Crippen molar-refractivity contribution in [1.29, 1.82) is 0 Å². The van der Waals surface area contributed by atoms with Crippen molar-refractivity contribution in [2.75, 3.05) is 19.5 Å². The van der Waals surface area contributed by atoms with Gasteiger partial charge in [-0.25, -0.2) is 13.8 Å². The fraction of sp³-hybridized carbons (Fsp3) is 0.444. The Morgan fingerprint density at radius 2 is 1.68 bits per heavy atom. The lowest BCUT2D eigenvalue weighted by Gasteiger charge is -2.30. The lowest BCUT2D eigenvalue weighted by molar-refractivity contribution is -0.133. The third-order valence-electron chi connectivity index (χ3n) is 6.30. The zero-order chi connectivity index (χ0) is 27.1. The van der Waals surface area contributed by atoms with E-state index in [1.165, 1.54) is 0 Å². The molecular formula is C27H32F3N3O4.